The van der Waals surface area contributed by atoms with Crippen LogP contribution < -0.4 is 0 Å². The Morgan fingerprint density at radius 3 is 2.69 bits per heavy atom. The average molecular weight is 224 g/mol. The predicted octanol–water partition coefficient (Wildman–Crippen LogP) is 0.334. The third-order valence-corrected chi connectivity index (χ3v) is 2.03. The lowest BCUT2D eigenvalue weighted by molar-refractivity contribution is -0.137. The molecule has 1 rings (SSSR count). The molecule has 16 heavy (non-hydrogen) atoms. The number of carbonyl (C=O) groups excluding carboxylic acids is 1. The summed E-state index contributed by atoms with van der Waals surface area (Å²) in [5.41, 5.74) is 0.0538. The first-order chi connectivity index (χ1) is 7.56. The Kier molecular flexibility index (Phi) is 3.82. The summed E-state index contributed by atoms with van der Waals surface area (Å²) in [5, 5.41) is 18.0. The first kappa shape index (κ1) is 12.0. The molecule has 0 spiro atoms. The van der Waals surface area contributed by atoms with Gasteiger partial charge in [-0.25, -0.2) is 0 Å². The average Bonchev–Trinajstić information content (AvgIpc) is 2.25. The Morgan fingerprint density at radius 2 is 2.19 bits per heavy atom. The summed E-state index contributed by atoms with van der Waals surface area (Å²) in [4.78, 5) is 27.1. The van der Waals surface area contributed by atoms with Crippen molar-refractivity contribution in [2.75, 3.05) is 13.1 Å². The van der Waals surface area contributed by atoms with Gasteiger partial charge in [0.15, 0.2) is 0 Å². The summed E-state index contributed by atoms with van der Waals surface area (Å²) in [6.45, 7) is 1.53. The van der Waals surface area contributed by atoms with E-state index in [1.54, 1.807) is 6.92 Å². The van der Waals surface area contributed by atoms with Gasteiger partial charge in [-0.3, -0.25) is 14.6 Å². The molecule has 0 bridgehead atoms. The van der Waals surface area contributed by atoms with Crippen LogP contribution in [0, 0.1) is 0 Å². The summed E-state index contributed by atoms with van der Waals surface area (Å²) < 4.78 is 0. The number of carbonyl (C=O) groups is 2. The van der Waals surface area contributed by atoms with Crippen LogP contribution in [-0.2, 0) is 4.79 Å². The monoisotopic (exact) mass is 224 g/mol. The molecule has 6 heteroatoms. The second-order valence-corrected chi connectivity index (χ2v) is 3.11. The minimum absolute atomic E-state index is 0.0538. The van der Waals surface area contributed by atoms with Gasteiger partial charge >= 0.3 is 5.97 Å². The maximum Gasteiger partial charge on any atom is 0.323 e. The van der Waals surface area contributed by atoms with E-state index in [2.05, 4.69) is 4.98 Å². The number of rotatable bonds is 4. The topological polar surface area (TPSA) is 90.7 Å². The van der Waals surface area contributed by atoms with Gasteiger partial charge in [0.1, 0.15) is 12.3 Å². The zero-order valence-electron chi connectivity index (χ0n) is 8.75. The Bertz CT molecular complexity index is 406. The number of aromatic nitrogens is 1. The van der Waals surface area contributed by atoms with Crippen molar-refractivity contribution in [1.82, 2.24) is 9.88 Å². The van der Waals surface area contributed by atoms with Gasteiger partial charge < -0.3 is 15.1 Å². The summed E-state index contributed by atoms with van der Waals surface area (Å²) in [5.74, 6) is -1.87. The lowest BCUT2D eigenvalue weighted by atomic mass is 10.2. The minimum atomic E-state index is -1.09. The van der Waals surface area contributed by atoms with Crippen LogP contribution in [0.3, 0.4) is 0 Å². The van der Waals surface area contributed by atoms with E-state index in [1.807, 2.05) is 0 Å². The number of aromatic hydroxyl groups is 1. The fourth-order valence-corrected chi connectivity index (χ4v) is 1.23. The van der Waals surface area contributed by atoms with E-state index in [0.29, 0.717) is 0 Å². The van der Waals surface area contributed by atoms with Gasteiger partial charge in [0, 0.05) is 12.7 Å². The van der Waals surface area contributed by atoms with E-state index in [0.717, 1.165) is 11.1 Å². The lowest BCUT2D eigenvalue weighted by Gasteiger charge is -2.18. The zero-order chi connectivity index (χ0) is 12.1. The molecule has 0 aromatic carbocycles. The highest BCUT2D eigenvalue weighted by Crippen LogP contribution is 2.16. The third kappa shape index (κ3) is 2.69. The Balaban J connectivity index is 2.91. The molecule has 0 saturated heterocycles. The lowest BCUT2D eigenvalue weighted by Crippen LogP contribution is -2.35. The normalized spacial score (nSPS) is 9.81. The van der Waals surface area contributed by atoms with E-state index in [-0.39, 0.29) is 17.9 Å². The molecule has 0 aliphatic rings. The van der Waals surface area contributed by atoms with Crippen molar-refractivity contribution in [2.24, 2.45) is 0 Å². The molecule has 1 amide bonds. The number of carboxylic acids is 1. The number of likely N-dealkylation sites (N-methyl/N-ethyl adjacent to an activating group) is 1. The van der Waals surface area contributed by atoms with Gasteiger partial charge in [-0.2, -0.15) is 0 Å². The van der Waals surface area contributed by atoms with Gasteiger partial charge in [-0.1, -0.05) is 0 Å². The summed E-state index contributed by atoms with van der Waals surface area (Å²) in [6.07, 6.45) is 2.50. The Labute approximate surface area is 92.1 Å². The van der Waals surface area contributed by atoms with E-state index in [1.165, 1.54) is 12.3 Å². The molecule has 1 aromatic heterocycles. The van der Waals surface area contributed by atoms with Crippen LogP contribution >= 0.6 is 0 Å². The largest absolute Gasteiger partial charge is 0.505 e. The highest BCUT2D eigenvalue weighted by atomic mass is 16.4. The second kappa shape index (κ2) is 5.11. The summed E-state index contributed by atoms with van der Waals surface area (Å²) in [7, 11) is 0. The van der Waals surface area contributed by atoms with Crippen LogP contribution in [0.1, 0.15) is 17.3 Å². The van der Waals surface area contributed by atoms with Crippen molar-refractivity contribution in [3.63, 3.8) is 0 Å². The van der Waals surface area contributed by atoms with Crippen LogP contribution in [0.15, 0.2) is 18.5 Å². The maximum atomic E-state index is 11.8. The molecule has 6 nitrogen and oxygen atoms in total. The Morgan fingerprint density at radius 1 is 1.50 bits per heavy atom. The van der Waals surface area contributed by atoms with Crippen molar-refractivity contribution >= 4 is 11.9 Å². The number of hydrogen-bond donors (Lipinski definition) is 2. The molecule has 86 valence electrons. The highest BCUT2D eigenvalue weighted by Gasteiger charge is 2.19. The maximum absolute atomic E-state index is 11.8. The summed E-state index contributed by atoms with van der Waals surface area (Å²) >= 11 is 0. The second-order valence-electron chi connectivity index (χ2n) is 3.11. The number of pyridine rings is 1. The van der Waals surface area contributed by atoms with Crippen LogP contribution in [0.25, 0.3) is 0 Å². The van der Waals surface area contributed by atoms with Crippen LogP contribution in [0.4, 0.5) is 0 Å². The molecule has 0 unspecified atom stereocenters. The van der Waals surface area contributed by atoms with Gasteiger partial charge in [0.25, 0.3) is 5.91 Å². The molecule has 0 fully saturated rings. The third-order valence-electron chi connectivity index (χ3n) is 2.03. The summed E-state index contributed by atoms with van der Waals surface area (Å²) in [6, 6.07) is 1.35. The van der Waals surface area contributed by atoms with E-state index >= 15 is 0 Å². The predicted molar refractivity (Wildman–Crippen MR) is 55.1 cm³/mol. The van der Waals surface area contributed by atoms with E-state index < -0.39 is 18.4 Å². The van der Waals surface area contributed by atoms with Crippen molar-refractivity contribution in [3.8, 4) is 5.75 Å². The Hall–Kier alpha value is -2.11. The first-order valence-electron chi connectivity index (χ1n) is 4.70. The van der Waals surface area contributed by atoms with Crippen LogP contribution in [-0.4, -0.2) is 45.1 Å². The molecule has 1 heterocycles. The van der Waals surface area contributed by atoms with Crippen molar-refractivity contribution in [1.29, 1.82) is 0 Å². The molecular formula is C10H12N2O4. The fourth-order valence-electron chi connectivity index (χ4n) is 1.23. The molecule has 0 radical (unpaired) electrons. The van der Waals surface area contributed by atoms with Crippen LogP contribution in [0.2, 0.25) is 0 Å². The van der Waals surface area contributed by atoms with Gasteiger partial charge in [0.05, 0.1) is 11.8 Å². The molecule has 0 saturated carbocycles. The molecule has 1 aromatic rings. The standard InChI is InChI=1S/C10H12N2O4/c1-2-12(6-9(14)15)10(16)7-3-4-11-5-8(7)13/h3-5,13H,2,6H2,1H3,(H,14,15). The SMILES string of the molecule is CCN(CC(=O)O)C(=O)c1ccncc1O. The molecule has 2 N–H and O–H groups in total. The van der Waals surface area contributed by atoms with Crippen molar-refractivity contribution in [2.45, 2.75) is 6.92 Å². The molecule has 0 aliphatic heterocycles. The smallest absolute Gasteiger partial charge is 0.323 e. The van der Waals surface area contributed by atoms with Gasteiger partial charge in [-0.15, -0.1) is 0 Å². The first-order valence-corrected chi connectivity index (χ1v) is 4.70. The minimum Gasteiger partial charge on any atom is -0.505 e. The number of carboxylic acid groups (broad SMARTS) is 1. The number of hydrogen-bond acceptors (Lipinski definition) is 4. The number of amides is 1. The highest BCUT2D eigenvalue weighted by molar-refractivity contribution is 5.97. The number of aliphatic carboxylic acids is 1. The zero-order valence-corrected chi connectivity index (χ0v) is 8.75. The van der Waals surface area contributed by atoms with Gasteiger partial charge in [-0.05, 0) is 13.0 Å². The fraction of sp³-hybridized carbons (Fsp3) is 0.300. The molecular weight excluding hydrogens is 212 g/mol. The molecule has 0 aliphatic carbocycles. The van der Waals surface area contributed by atoms with Crippen LogP contribution in [0.5, 0.6) is 5.75 Å². The quantitative estimate of drug-likeness (QED) is 0.769. The molecule has 0 atom stereocenters. The van der Waals surface area contributed by atoms with Crippen molar-refractivity contribution in [3.05, 3.63) is 24.0 Å². The number of nitrogens with zero attached hydrogens (tertiary/aromatic N) is 2. The van der Waals surface area contributed by atoms with E-state index in [9.17, 15) is 14.7 Å². The van der Waals surface area contributed by atoms with Gasteiger partial charge in [0.2, 0.25) is 0 Å². The van der Waals surface area contributed by atoms with Crippen molar-refractivity contribution < 1.29 is 19.8 Å². The van der Waals surface area contributed by atoms with E-state index in [4.69, 9.17) is 5.11 Å².